The third-order valence-electron chi connectivity index (χ3n) is 1.08. The van der Waals surface area contributed by atoms with Gasteiger partial charge in [-0.3, -0.25) is 5.43 Å². The number of rotatable bonds is 1. The zero-order valence-corrected chi connectivity index (χ0v) is 5.44. The van der Waals surface area contributed by atoms with Crippen LogP contribution < -0.4 is 5.43 Å². The first kappa shape index (κ1) is 5.69. The van der Waals surface area contributed by atoms with Crippen molar-refractivity contribution in [3.63, 3.8) is 0 Å². The van der Waals surface area contributed by atoms with E-state index in [9.17, 15) is 0 Å². The first-order valence-corrected chi connectivity index (χ1v) is 2.93. The van der Waals surface area contributed by atoms with Crippen LogP contribution in [0.25, 0.3) is 0 Å². The fourth-order valence-corrected chi connectivity index (χ4v) is 0.803. The molecule has 0 saturated heterocycles. The van der Waals surface area contributed by atoms with Crippen molar-refractivity contribution in [1.82, 2.24) is 10.3 Å². The van der Waals surface area contributed by atoms with Crippen LogP contribution in [-0.2, 0) is 0 Å². The van der Waals surface area contributed by atoms with Crippen molar-refractivity contribution in [3.05, 3.63) is 0 Å². The smallest absolute Gasteiger partial charge is 0.218 e. The maximum absolute atomic E-state index is 5.59. The largest absolute Gasteiger partial charge is 0.327 e. The highest BCUT2D eigenvalue weighted by Crippen LogP contribution is 1.98. The van der Waals surface area contributed by atoms with Gasteiger partial charge in [0.2, 0.25) is 5.29 Å². The Kier molecular flexibility index (Phi) is 1.58. The molecule has 0 aromatic rings. The Morgan fingerprint density at radius 3 is 3.00 bits per heavy atom. The van der Waals surface area contributed by atoms with Gasteiger partial charge in [0.1, 0.15) is 6.67 Å². The molecule has 0 bridgehead atoms. The van der Waals surface area contributed by atoms with Gasteiger partial charge in [0.25, 0.3) is 0 Å². The molecule has 1 rings (SSSR count). The second-order valence-electron chi connectivity index (χ2n) is 1.55. The minimum absolute atomic E-state index is 0.563. The number of hydrogen-bond donors (Lipinski definition) is 1. The predicted molar refractivity (Wildman–Crippen MR) is 33.7 cm³/mol. The van der Waals surface area contributed by atoms with Crippen LogP contribution >= 0.6 is 11.6 Å². The molecule has 0 aromatic heterocycles. The van der Waals surface area contributed by atoms with Crippen molar-refractivity contribution in [3.8, 4) is 0 Å². The monoisotopic (exact) mass is 133 g/mol. The highest BCUT2D eigenvalue weighted by molar-refractivity contribution is 6.64. The van der Waals surface area contributed by atoms with Crippen LogP contribution in [0.4, 0.5) is 0 Å². The van der Waals surface area contributed by atoms with Gasteiger partial charge in [-0.2, -0.15) is 0 Å². The van der Waals surface area contributed by atoms with Gasteiger partial charge in [0.15, 0.2) is 0 Å². The lowest BCUT2D eigenvalue weighted by Crippen LogP contribution is -2.25. The topological polar surface area (TPSA) is 27.6 Å². The molecule has 8 heavy (non-hydrogen) atoms. The number of nitrogens with zero attached hydrogens (tertiary/aromatic N) is 2. The fourth-order valence-electron chi connectivity index (χ4n) is 0.564. The summed E-state index contributed by atoms with van der Waals surface area (Å²) in [5.74, 6) is 0. The minimum Gasteiger partial charge on any atom is -0.327 e. The molecule has 0 fully saturated rings. The molecule has 3 nitrogen and oxygen atoms in total. The van der Waals surface area contributed by atoms with Gasteiger partial charge < -0.3 is 4.90 Å². The van der Waals surface area contributed by atoms with Gasteiger partial charge in [-0.15, -0.1) is 5.10 Å². The average Bonchev–Trinajstić information content (AvgIpc) is 2.14. The second kappa shape index (κ2) is 2.22. The number of halogens is 1. The van der Waals surface area contributed by atoms with Gasteiger partial charge in [-0.05, 0) is 18.5 Å². The average molecular weight is 134 g/mol. The normalized spacial score (nSPS) is 18.2. The van der Waals surface area contributed by atoms with E-state index in [4.69, 9.17) is 11.6 Å². The van der Waals surface area contributed by atoms with Crippen LogP contribution in [-0.4, -0.2) is 23.4 Å². The van der Waals surface area contributed by atoms with Crippen molar-refractivity contribution in [2.24, 2.45) is 5.10 Å². The third kappa shape index (κ3) is 0.865. The Bertz CT molecular complexity index is 112. The summed E-state index contributed by atoms with van der Waals surface area (Å²) in [5, 5.41) is 4.31. The lowest BCUT2D eigenvalue weighted by molar-refractivity contribution is 0.451. The summed E-state index contributed by atoms with van der Waals surface area (Å²) in [6.45, 7) is 3.69. The molecular weight excluding hydrogens is 126 g/mol. The van der Waals surface area contributed by atoms with Crippen molar-refractivity contribution in [1.29, 1.82) is 0 Å². The molecule has 1 aliphatic rings. The second-order valence-corrected chi connectivity index (χ2v) is 1.89. The van der Waals surface area contributed by atoms with Crippen LogP contribution in [0.2, 0.25) is 0 Å². The van der Waals surface area contributed by atoms with Crippen LogP contribution in [0, 0.1) is 0 Å². The van der Waals surface area contributed by atoms with Gasteiger partial charge in [-0.1, -0.05) is 0 Å². The summed E-state index contributed by atoms with van der Waals surface area (Å²) < 4.78 is 0. The highest BCUT2D eigenvalue weighted by atomic mass is 35.5. The van der Waals surface area contributed by atoms with Gasteiger partial charge >= 0.3 is 0 Å². The maximum atomic E-state index is 5.59. The Labute approximate surface area is 53.3 Å². The van der Waals surface area contributed by atoms with Crippen LogP contribution in [0.1, 0.15) is 6.92 Å². The molecule has 0 saturated carbocycles. The molecule has 1 N–H and O–H groups in total. The van der Waals surface area contributed by atoms with Crippen molar-refractivity contribution in [2.45, 2.75) is 6.92 Å². The number of amidine groups is 1. The Hall–Kier alpha value is -0.440. The lowest BCUT2D eigenvalue weighted by atomic mass is 10.7. The molecule has 0 aliphatic carbocycles. The first-order valence-electron chi connectivity index (χ1n) is 2.55. The molecular formula is C4H8ClN3. The van der Waals surface area contributed by atoms with Gasteiger partial charge in [0, 0.05) is 6.54 Å². The molecule has 0 aromatic carbocycles. The Morgan fingerprint density at radius 2 is 2.75 bits per heavy atom. The summed E-state index contributed by atoms with van der Waals surface area (Å²) in [4.78, 5) is 1.93. The Morgan fingerprint density at radius 1 is 2.00 bits per heavy atom. The first-order chi connectivity index (χ1) is 3.84. The van der Waals surface area contributed by atoms with E-state index in [1.54, 1.807) is 0 Å². The number of hydrogen-bond acceptors (Lipinski definition) is 3. The highest BCUT2D eigenvalue weighted by Gasteiger charge is 2.09. The van der Waals surface area contributed by atoms with E-state index >= 15 is 0 Å². The van der Waals surface area contributed by atoms with Crippen molar-refractivity contribution < 1.29 is 0 Å². The molecule has 0 amide bonds. The van der Waals surface area contributed by atoms with E-state index in [0.29, 0.717) is 5.29 Å². The fraction of sp³-hybridized carbons (Fsp3) is 0.750. The van der Waals surface area contributed by atoms with E-state index < -0.39 is 0 Å². The van der Waals surface area contributed by atoms with Crippen LogP contribution in [0.5, 0.6) is 0 Å². The van der Waals surface area contributed by atoms with Crippen LogP contribution in [0.15, 0.2) is 5.10 Å². The summed E-state index contributed by atoms with van der Waals surface area (Å²) in [7, 11) is 0. The summed E-state index contributed by atoms with van der Waals surface area (Å²) >= 11 is 5.59. The van der Waals surface area contributed by atoms with Crippen LogP contribution in [0.3, 0.4) is 0 Å². The number of nitrogens with one attached hydrogen (secondary N) is 1. The minimum atomic E-state index is 0.563. The summed E-state index contributed by atoms with van der Waals surface area (Å²) in [6, 6.07) is 0. The lowest BCUT2D eigenvalue weighted by Gasteiger charge is -2.10. The van der Waals surface area contributed by atoms with Crippen molar-refractivity contribution in [2.75, 3.05) is 13.2 Å². The molecule has 0 unspecified atom stereocenters. The molecule has 0 atom stereocenters. The predicted octanol–water partition coefficient (Wildman–Crippen LogP) is 0.379. The van der Waals surface area contributed by atoms with E-state index in [0.717, 1.165) is 13.2 Å². The van der Waals surface area contributed by atoms with E-state index in [1.165, 1.54) is 0 Å². The standard InChI is InChI=1S/C4H8ClN3/c1-2-8-3-6-7-4(8)5/h6H,2-3H2,1H3. The third-order valence-corrected chi connectivity index (χ3v) is 1.40. The van der Waals surface area contributed by atoms with E-state index in [2.05, 4.69) is 10.5 Å². The molecule has 46 valence electrons. The molecule has 4 heteroatoms. The zero-order chi connectivity index (χ0) is 5.98. The zero-order valence-electron chi connectivity index (χ0n) is 4.69. The van der Waals surface area contributed by atoms with E-state index in [-0.39, 0.29) is 0 Å². The molecule has 0 radical (unpaired) electrons. The quantitative estimate of drug-likeness (QED) is 0.524. The molecule has 1 aliphatic heterocycles. The van der Waals surface area contributed by atoms with Gasteiger partial charge in [-0.25, -0.2) is 0 Å². The summed E-state index contributed by atoms with van der Waals surface area (Å²) in [6.07, 6.45) is 0. The summed E-state index contributed by atoms with van der Waals surface area (Å²) in [5.41, 5.74) is 2.75. The molecule has 1 heterocycles. The SMILES string of the molecule is CCN1CNN=C1Cl. The Balaban J connectivity index is 2.46. The van der Waals surface area contributed by atoms with Gasteiger partial charge in [0.05, 0.1) is 0 Å². The van der Waals surface area contributed by atoms with Crippen molar-refractivity contribution >= 4 is 16.9 Å². The van der Waals surface area contributed by atoms with E-state index in [1.807, 2.05) is 11.8 Å². The number of hydrazone groups is 1. The molecule has 0 spiro atoms. The maximum Gasteiger partial charge on any atom is 0.218 e.